The minimum absolute atomic E-state index is 0.151. The van der Waals surface area contributed by atoms with Gasteiger partial charge in [0.15, 0.2) is 0 Å². The van der Waals surface area contributed by atoms with Crippen LogP contribution in [-0.2, 0) is 9.53 Å². The molecule has 0 aliphatic heterocycles. The van der Waals surface area contributed by atoms with Crippen molar-refractivity contribution in [2.75, 3.05) is 6.61 Å². The maximum atomic E-state index is 12.5. The van der Waals surface area contributed by atoms with Crippen LogP contribution in [0.1, 0.15) is 25.3 Å². The van der Waals surface area contributed by atoms with Crippen LogP contribution in [0.25, 0.3) is 22.1 Å². The molecule has 0 bridgehead atoms. The van der Waals surface area contributed by atoms with Crippen molar-refractivity contribution in [3.05, 3.63) is 52.3 Å². The van der Waals surface area contributed by atoms with Crippen LogP contribution in [0, 0.1) is 0 Å². The molecule has 0 saturated heterocycles. The number of ether oxygens (including phenoxy) is 1. The van der Waals surface area contributed by atoms with Crippen LogP contribution >= 0.6 is 0 Å². The highest BCUT2D eigenvalue weighted by atomic mass is 16.5. The molecule has 0 fully saturated rings. The van der Waals surface area contributed by atoms with Gasteiger partial charge < -0.3 is 9.15 Å². The topological polar surface area (TPSA) is 69.4 Å². The number of carbonyl (C=O) groups is 1. The summed E-state index contributed by atoms with van der Waals surface area (Å²) in [4.78, 5) is 28.4. The van der Waals surface area contributed by atoms with E-state index in [0.29, 0.717) is 28.7 Å². The summed E-state index contributed by atoms with van der Waals surface area (Å²) in [6.45, 7) is 3.84. The van der Waals surface area contributed by atoms with Crippen molar-refractivity contribution in [2.24, 2.45) is 0 Å². The molecule has 112 valence electrons. The van der Waals surface area contributed by atoms with Gasteiger partial charge in [-0.15, -0.1) is 0 Å². The van der Waals surface area contributed by atoms with Gasteiger partial charge in [-0.3, -0.25) is 9.59 Å². The third kappa shape index (κ3) is 2.35. The van der Waals surface area contributed by atoms with Gasteiger partial charge in [-0.1, -0.05) is 6.07 Å². The van der Waals surface area contributed by atoms with E-state index >= 15 is 0 Å². The second kappa shape index (κ2) is 5.60. The fraction of sp³-hybridized carbons (Fsp3) is 0.235. The highest BCUT2D eigenvalue weighted by Crippen LogP contribution is 2.23. The van der Waals surface area contributed by atoms with Gasteiger partial charge in [0.1, 0.15) is 5.58 Å². The number of hydrogen-bond acceptors (Lipinski definition) is 5. The smallest absolute Gasteiger partial charge is 0.313 e. The second-order valence-corrected chi connectivity index (χ2v) is 5.02. The first-order valence-electron chi connectivity index (χ1n) is 7.10. The fourth-order valence-corrected chi connectivity index (χ4v) is 2.38. The Labute approximate surface area is 126 Å². The summed E-state index contributed by atoms with van der Waals surface area (Å²) in [5.74, 6) is -0.748. The quantitative estimate of drug-likeness (QED) is 0.549. The zero-order chi connectivity index (χ0) is 15.7. The van der Waals surface area contributed by atoms with E-state index in [1.54, 1.807) is 50.4 Å². The van der Waals surface area contributed by atoms with Crippen LogP contribution in [0.2, 0.25) is 0 Å². The van der Waals surface area contributed by atoms with Crippen molar-refractivity contribution < 1.29 is 13.9 Å². The fourth-order valence-electron chi connectivity index (χ4n) is 2.38. The molecule has 0 saturated carbocycles. The number of benzene rings is 1. The van der Waals surface area contributed by atoms with Crippen LogP contribution in [0.4, 0.5) is 0 Å². The lowest BCUT2D eigenvalue weighted by Gasteiger charge is -2.11. The third-order valence-corrected chi connectivity index (χ3v) is 3.61. The normalized spacial score (nSPS) is 12.5. The number of pyridine rings is 1. The van der Waals surface area contributed by atoms with Crippen molar-refractivity contribution in [3.8, 4) is 0 Å². The summed E-state index contributed by atoms with van der Waals surface area (Å²) in [5, 5.41) is 0.866. The summed E-state index contributed by atoms with van der Waals surface area (Å²) in [5.41, 5.74) is 1.34. The maximum Gasteiger partial charge on any atom is 0.313 e. The number of carbonyl (C=O) groups excluding carboxylic acids is 1. The number of rotatable bonds is 3. The van der Waals surface area contributed by atoms with E-state index in [2.05, 4.69) is 4.98 Å². The molecule has 1 aromatic carbocycles. The average Bonchev–Trinajstić information content (AvgIpc) is 2.54. The number of aromatic nitrogens is 1. The first kappa shape index (κ1) is 14.3. The number of esters is 1. The Hall–Kier alpha value is -2.69. The van der Waals surface area contributed by atoms with Crippen molar-refractivity contribution in [3.63, 3.8) is 0 Å². The van der Waals surface area contributed by atoms with Crippen LogP contribution in [0.5, 0.6) is 0 Å². The lowest BCUT2D eigenvalue weighted by atomic mass is 9.99. The third-order valence-electron chi connectivity index (χ3n) is 3.61. The Morgan fingerprint density at radius 1 is 1.32 bits per heavy atom. The SMILES string of the molecule is CCOC(=O)C(C)c1ccc2oc3ncccc3c(=O)c2c1. The summed E-state index contributed by atoms with van der Waals surface area (Å²) in [7, 11) is 0. The van der Waals surface area contributed by atoms with E-state index in [4.69, 9.17) is 9.15 Å². The van der Waals surface area contributed by atoms with E-state index in [1.165, 1.54) is 0 Å². The first-order chi connectivity index (χ1) is 10.6. The van der Waals surface area contributed by atoms with Gasteiger partial charge in [-0.05, 0) is 43.7 Å². The molecule has 22 heavy (non-hydrogen) atoms. The molecule has 2 aromatic heterocycles. The molecule has 3 rings (SSSR count). The van der Waals surface area contributed by atoms with E-state index in [9.17, 15) is 9.59 Å². The Morgan fingerprint density at radius 2 is 2.14 bits per heavy atom. The molecule has 1 unspecified atom stereocenters. The van der Waals surface area contributed by atoms with Gasteiger partial charge in [0.25, 0.3) is 0 Å². The minimum atomic E-state index is -0.437. The monoisotopic (exact) mass is 297 g/mol. The Bertz CT molecular complexity index is 913. The summed E-state index contributed by atoms with van der Waals surface area (Å²) < 4.78 is 10.7. The zero-order valence-electron chi connectivity index (χ0n) is 12.3. The van der Waals surface area contributed by atoms with Gasteiger partial charge in [0, 0.05) is 6.20 Å². The molecule has 1 atom stereocenters. The highest BCUT2D eigenvalue weighted by Gasteiger charge is 2.18. The molecule has 0 radical (unpaired) electrons. The van der Waals surface area contributed by atoms with E-state index < -0.39 is 5.92 Å². The van der Waals surface area contributed by atoms with Crippen LogP contribution in [0.15, 0.2) is 45.7 Å². The van der Waals surface area contributed by atoms with Gasteiger partial charge in [0.05, 0.1) is 23.3 Å². The van der Waals surface area contributed by atoms with E-state index in [1.807, 2.05) is 0 Å². The van der Waals surface area contributed by atoms with Gasteiger partial charge in [-0.25, -0.2) is 4.98 Å². The standard InChI is InChI=1S/C17H15NO4/c1-3-21-17(20)10(2)11-6-7-14-13(9-11)15(19)12-5-4-8-18-16(12)22-14/h4-10H,3H2,1-2H3. The average molecular weight is 297 g/mol. The minimum Gasteiger partial charge on any atom is -0.466 e. The van der Waals surface area contributed by atoms with E-state index in [0.717, 1.165) is 5.56 Å². The molecular weight excluding hydrogens is 282 g/mol. The summed E-state index contributed by atoms with van der Waals surface area (Å²) in [6.07, 6.45) is 1.58. The number of hydrogen-bond donors (Lipinski definition) is 0. The lowest BCUT2D eigenvalue weighted by Crippen LogP contribution is -2.13. The predicted molar refractivity (Wildman–Crippen MR) is 82.8 cm³/mol. The lowest BCUT2D eigenvalue weighted by molar-refractivity contribution is -0.144. The highest BCUT2D eigenvalue weighted by molar-refractivity contribution is 5.89. The van der Waals surface area contributed by atoms with Crippen LogP contribution < -0.4 is 5.43 Å². The van der Waals surface area contributed by atoms with Crippen molar-refractivity contribution in [1.82, 2.24) is 4.98 Å². The molecule has 0 N–H and O–H groups in total. The van der Waals surface area contributed by atoms with Gasteiger partial charge in [0.2, 0.25) is 11.1 Å². The molecule has 2 heterocycles. The Morgan fingerprint density at radius 3 is 2.91 bits per heavy atom. The largest absolute Gasteiger partial charge is 0.466 e. The van der Waals surface area contributed by atoms with E-state index in [-0.39, 0.29) is 11.4 Å². The predicted octanol–water partition coefficient (Wildman–Crippen LogP) is 3.01. The summed E-state index contributed by atoms with van der Waals surface area (Å²) >= 11 is 0. The molecule has 5 heteroatoms. The Balaban J connectivity index is 2.17. The molecule has 0 spiro atoms. The molecule has 0 aliphatic carbocycles. The number of nitrogens with zero attached hydrogens (tertiary/aromatic N) is 1. The van der Waals surface area contributed by atoms with Crippen molar-refractivity contribution in [1.29, 1.82) is 0 Å². The van der Waals surface area contributed by atoms with Crippen molar-refractivity contribution >= 4 is 28.0 Å². The summed E-state index contributed by atoms with van der Waals surface area (Å²) in [6, 6.07) is 8.51. The van der Waals surface area contributed by atoms with Gasteiger partial charge in [-0.2, -0.15) is 0 Å². The van der Waals surface area contributed by atoms with Crippen LogP contribution in [-0.4, -0.2) is 17.6 Å². The Kier molecular flexibility index (Phi) is 3.63. The molecule has 3 aromatic rings. The van der Waals surface area contributed by atoms with Crippen molar-refractivity contribution in [2.45, 2.75) is 19.8 Å². The van der Waals surface area contributed by atoms with Gasteiger partial charge >= 0.3 is 5.97 Å². The molecule has 0 amide bonds. The second-order valence-electron chi connectivity index (χ2n) is 5.02. The molecule has 5 nitrogen and oxygen atoms in total. The molecular formula is C17H15NO4. The first-order valence-corrected chi connectivity index (χ1v) is 7.10. The zero-order valence-corrected chi connectivity index (χ0v) is 12.3. The van der Waals surface area contributed by atoms with Crippen LogP contribution in [0.3, 0.4) is 0 Å². The maximum absolute atomic E-state index is 12.5. The molecule has 0 aliphatic rings. The number of fused-ring (bicyclic) bond motifs is 2.